The molecule has 1 N–H and O–H groups in total. The Hall–Kier alpha value is -1.89. The van der Waals surface area contributed by atoms with E-state index in [1.807, 2.05) is 0 Å². The minimum Gasteiger partial charge on any atom is -0.449 e. The highest BCUT2D eigenvalue weighted by Crippen LogP contribution is 2.25. The largest absolute Gasteiger partial charge is 0.449 e. The Morgan fingerprint density at radius 2 is 2.22 bits per heavy atom. The lowest BCUT2D eigenvalue weighted by Gasteiger charge is -2.23. The van der Waals surface area contributed by atoms with E-state index < -0.39 is 22.5 Å². The molecule has 2 rings (SSSR count). The third-order valence-electron chi connectivity index (χ3n) is 2.50. The molecular weight excluding hydrogens is 267 g/mol. The number of alkyl carbamates (subject to hydrolysis) is 1. The van der Waals surface area contributed by atoms with E-state index in [9.17, 15) is 19.3 Å². The molecule has 8 heteroatoms. The van der Waals surface area contributed by atoms with Crippen molar-refractivity contribution in [3.05, 3.63) is 39.7 Å². The SMILES string of the molecule is Cl.O=C1N[C@H](c2ccc(F)c([N+](=O)[O-])c2)CCO1. The van der Waals surface area contributed by atoms with Crippen molar-refractivity contribution in [3.63, 3.8) is 0 Å². The average Bonchev–Trinajstić information content (AvgIpc) is 2.29. The molecule has 1 fully saturated rings. The van der Waals surface area contributed by atoms with Crippen LogP contribution in [0.2, 0.25) is 0 Å². The van der Waals surface area contributed by atoms with Crippen LogP contribution in [0.25, 0.3) is 0 Å². The topological polar surface area (TPSA) is 81.5 Å². The second-order valence-corrected chi connectivity index (χ2v) is 3.59. The summed E-state index contributed by atoms with van der Waals surface area (Å²) in [6, 6.07) is 3.19. The van der Waals surface area contributed by atoms with Gasteiger partial charge in [-0.25, -0.2) is 4.79 Å². The molecule has 0 bridgehead atoms. The second-order valence-electron chi connectivity index (χ2n) is 3.59. The smallest absolute Gasteiger partial charge is 0.407 e. The van der Waals surface area contributed by atoms with Crippen LogP contribution in [0.5, 0.6) is 0 Å². The summed E-state index contributed by atoms with van der Waals surface area (Å²) in [5.41, 5.74) is -0.0991. The Morgan fingerprint density at radius 3 is 2.83 bits per heavy atom. The lowest BCUT2D eigenvalue weighted by atomic mass is 10.0. The van der Waals surface area contributed by atoms with Crippen LogP contribution in [0.15, 0.2) is 18.2 Å². The number of nitro benzene ring substituents is 1. The van der Waals surface area contributed by atoms with E-state index in [1.54, 1.807) is 0 Å². The van der Waals surface area contributed by atoms with E-state index in [1.165, 1.54) is 6.07 Å². The number of nitrogens with zero attached hydrogens (tertiary/aromatic N) is 1. The van der Waals surface area contributed by atoms with Crippen molar-refractivity contribution in [2.75, 3.05) is 6.61 Å². The number of cyclic esters (lactones) is 1. The highest BCUT2D eigenvalue weighted by Gasteiger charge is 2.23. The molecule has 18 heavy (non-hydrogen) atoms. The Morgan fingerprint density at radius 1 is 1.50 bits per heavy atom. The number of hydrogen-bond acceptors (Lipinski definition) is 4. The molecule has 1 aromatic rings. The molecule has 0 radical (unpaired) electrons. The number of nitrogens with one attached hydrogen (secondary N) is 1. The van der Waals surface area contributed by atoms with E-state index in [0.717, 1.165) is 12.1 Å². The van der Waals surface area contributed by atoms with Gasteiger partial charge in [0.15, 0.2) is 0 Å². The number of ether oxygens (including phenoxy) is 1. The van der Waals surface area contributed by atoms with Gasteiger partial charge in [-0.05, 0) is 11.6 Å². The molecule has 1 aliphatic rings. The van der Waals surface area contributed by atoms with Crippen LogP contribution in [0.1, 0.15) is 18.0 Å². The van der Waals surface area contributed by atoms with Crippen molar-refractivity contribution in [3.8, 4) is 0 Å². The highest BCUT2D eigenvalue weighted by molar-refractivity contribution is 5.85. The summed E-state index contributed by atoms with van der Waals surface area (Å²) in [6.45, 7) is 0.238. The molecule has 1 heterocycles. The van der Waals surface area contributed by atoms with E-state index in [4.69, 9.17) is 0 Å². The minimum absolute atomic E-state index is 0. The fourth-order valence-electron chi connectivity index (χ4n) is 1.66. The van der Waals surface area contributed by atoms with Gasteiger partial charge in [-0.15, -0.1) is 12.4 Å². The number of nitro groups is 1. The summed E-state index contributed by atoms with van der Waals surface area (Å²) < 4.78 is 17.8. The maximum atomic E-state index is 13.1. The lowest BCUT2D eigenvalue weighted by Crippen LogP contribution is -2.35. The predicted octanol–water partition coefficient (Wildman–Crippen LogP) is 2.33. The van der Waals surface area contributed by atoms with Crippen LogP contribution in [0.4, 0.5) is 14.9 Å². The standard InChI is InChI=1S/C10H9FN2O4.ClH/c11-7-2-1-6(5-9(7)13(15)16)8-3-4-17-10(14)12-8;/h1-2,5,8H,3-4H2,(H,12,14);1H/t8-;/m0./s1. The molecule has 0 saturated carbocycles. The van der Waals surface area contributed by atoms with Gasteiger partial charge in [-0.3, -0.25) is 10.1 Å². The van der Waals surface area contributed by atoms with Crippen molar-refractivity contribution in [1.82, 2.24) is 5.32 Å². The molecule has 0 aliphatic carbocycles. The first kappa shape index (κ1) is 14.2. The quantitative estimate of drug-likeness (QED) is 0.664. The number of carbonyl (C=O) groups excluding carboxylic acids is 1. The van der Waals surface area contributed by atoms with Crippen molar-refractivity contribution in [1.29, 1.82) is 0 Å². The third-order valence-corrected chi connectivity index (χ3v) is 2.50. The lowest BCUT2D eigenvalue weighted by molar-refractivity contribution is -0.387. The van der Waals surface area contributed by atoms with Gasteiger partial charge in [0.25, 0.3) is 0 Å². The Bertz CT molecular complexity index is 483. The summed E-state index contributed by atoms with van der Waals surface area (Å²) in [7, 11) is 0. The van der Waals surface area contributed by atoms with E-state index in [0.29, 0.717) is 12.0 Å². The fourth-order valence-corrected chi connectivity index (χ4v) is 1.66. The summed E-state index contributed by atoms with van der Waals surface area (Å²) in [5.74, 6) is -0.892. The van der Waals surface area contributed by atoms with Crippen LogP contribution in [-0.2, 0) is 4.74 Å². The molecule has 0 unspecified atom stereocenters. The van der Waals surface area contributed by atoms with Gasteiger partial charge in [0.05, 0.1) is 17.6 Å². The molecule has 6 nitrogen and oxygen atoms in total. The van der Waals surface area contributed by atoms with Gasteiger partial charge in [-0.1, -0.05) is 6.07 Å². The Labute approximate surface area is 108 Å². The molecule has 0 aromatic heterocycles. The second kappa shape index (κ2) is 5.63. The normalized spacial score (nSPS) is 18.3. The molecule has 0 spiro atoms. The fraction of sp³-hybridized carbons (Fsp3) is 0.300. The number of amides is 1. The van der Waals surface area contributed by atoms with Gasteiger partial charge in [0, 0.05) is 12.5 Å². The van der Waals surface area contributed by atoms with Gasteiger partial charge < -0.3 is 10.1 Å². The number of carbonyl (C=O) groups is 1. The van der Waals surface area contributed by atoms with E-state index in [2.05, 4.69) is 10.1 Å². The van der Waals surface area contributed by atoms with Crippen LogP contribution < -0.4 is 5.32 Å². The maximum absolute atomic E-state index is 13.1. The maximum Gasteiger partial charge on any atom is 0.407 e. The van der Waals surface area contributed by atoms with E-state index in [-0.39, 0.29) is 25.1 Å². The summed E-state index contributed by atoms with van der Waals surface area (Å²) >= 11 is 0. The number of rotatable bonds is 2. The van der Waals surface area contributed by atoms with Crippen LogP contribution >= 0.6 is 12.4 Å². The van der Waals surface area contributed by atoms with Gasteiger partial charge in [-0.2, -0.15) is 4.39 Å². The molecular formula is C10H10ClFN2O4. The molecule has 1 saturated heterocycles. The Kier molecular flexibility index (Phi) is 4.43. The zero-order chi connectivity index (χ0) is 12.4. The first-order valence-corrected chi connectivity index (χ1v) is 4.95. The zero-order valence-electron chi connectivity index (χ0n) is 9.09. The Balaban J connectivity index is 0.00000162. The monoisotopic (exact) mass is 276 g/mol. The van der Waals surface area contributed by atoms with E-state index >= 15 is 0 Å². The third kappa shape index (κ3) is 2.86. The van der Waals surface area contributed by atoms with Gasteiger partial charge in [0.1, 0.15) is 0 Å². The summed E-state index contributed by atoms with van der Waals surface area (Å²) in [6.07, 6.45) is -0.0811. The highest BCUT2D eigenvalue weighted by atomic mass is 35.5. The van der Waals surface area contributed by atoms with Crippen molar-refractivity contribution < 1.29 is 18.8 Å². The minimum atomic E-state index is -0.892. The van der Waals surface area contributed by atoms with Crippen molar-refractivity contribution in [2.24, 2.45) is 0 Å². The van der Waals surface area contributed by atoms with Gasteiger partial charge in [0.2, 0.25) is 5.82 Å². The number of benzene rings is 1. The summed E-state index contributed by atoms with van der Waals surface area (Å²) in [5, 5.41) is 13.1. The molecule has 1 amide bonds. The molecule has 1 aliphatic heterocycles. The summed E-state index contributed by atoms with van der Waals surface area (Å²) in [4.78, 5) is 20.8. The predicted molar refractivity (Wildman–Crippen MR) is 62.1 cm³/mol. The van der Waals surface area contributed by atoms with Crippen LogP contribution in [0, 0.1) is 15.9 Å². The first-order chi connectivity index (χ1) is 8.08. The number of hydrogen-bond donors (Lipinski definition) is 1. The van der Waals surface area contributed by atoms with Crippen molar-refractivity contribution >= 4 is 24.2 Å². The molecule has 1 aromatic carbocycles. The zero-order valence-corrected chi connectivity index (χ0v) is 9.91. The molecule has 98 valence electrons. The van der Waals surface area contributed by atoms with Crippen LogP contribution in [-0.4, -0.2) is 17.6 Å². The average molecular weight is 277 g/mol. The van der Waals surface area contributed by atoms with Crippen molar-refractivity contribution in [2.45, 2.75) is 12.5 Å². The molecule has 1 atom stereocenters. The van der Waals surface area contributed by atoms with Crippen LogP contribution in [0.3, 0.4) is 0 Å². The number of halogens is 2. The first-order valence-electron chi connectivity index (χ1n) is 4.95. The van der Waals surface area contributed by atoms with Gasteiger partial charge >= 0.3 is 11.8 Å².